The molecule has 0 saturated carbocycles. The third kappa shape index (κ3) is 6.65. The molecule has 0 spiro atoms. The number of rotatable bonds is 8. The lowest BCUT2D eigenvalue weighted by molar-refractivity contribution is -0.121. The topological polar surface area (TPSA) is 95.6 Å². The van der Waals surface area contributed by atoms with Crippen molar-refractivity contribution in [3.63, 3.8) is 0 Å². The summed E-state index contributed by atoms with van der Waals surface area (Å²) < 4.78 is 0. The van der Waals surface area contributed by atoms with E-state index >= 15 is 0 Å². The van der Waals surface area contributed by atoms with Crippen molar-refractivity contribution in [2.45, 2.75) is 30.4 Å². The quantitative estimate of drug-likeness (QED) is 0.191. The number of carbonyl (C=O) groups excluding carboxylic acids is 4. The Balaban J connectivity index is 1.30. The summed E-state index contributed by atoms with van der Waals surface area (Å²) in [4.78, 5) is 54.9. The standard InChI is InChI=1S/C32H27N3O4S2/c1-20-13-14-24(16-21(20)2)35-29(36)19-28(32(35)39)41-26-11-6-10-23(17-26)33-31(38)27(18-25-12-7-15-40-25)34-30(37)22-8-4-3-5-9-22/h3-18,28H,19H2,1-2H3,(H,33,38)(H,34,37)/b27-18-/t28-/m1/s1. The third-order valence-electron chi connectivity index (χ3n) is 6.58. The van der Waals surface area contributed by atoms with Gasteiger partial charge >= 0.3 is 0 Å². The van der Waals surface area contributed by atoms with E-state index in [-0.39, 0.29) is 23.9 Å². The summed E-state index contributed by atoms with van der Waals surface area (Å²) in [6.07, 6.45) is 1.72. The van der Waals surface area contributed by atoms with Crippen molar-refractivity contribution in [2.24, 2.45) is 0 Å². The smallest absolute Gasteiger partial charge is 0.272 e. The Hall–Kier alpha value is -4.47. The molecule has 1 fully saturated rings. The molecule has 3 aromatic carbocycles. The number of benzene rings is 3. The van der Waals surface area contributed by atoms with E-state index < -0.39 is 17.1 Å². The van der Waals surface area contributed by atoms with E-state index in [4.69, 9.17) is 0 Å². The van der Waals surface area contributed by atoms with Crippen molar-refractivity contribution in [1.29, 1.82) is 0 Å². The van der Waals surface area contributed by atoms with Crippen LogP contribution < -0.4 is 15.5 Å². The second-order valence-corrected chi connectivity index (χ2v) is 11.8. The van der Waals surface area contributed by atoms with Crippen LogP contribution in [0.2, 0.25) is 0 Å². The molecule has 0 unspecified atom stereocenters. The monoisotopic (exact) mass is 581 g/mol. The summed E-state index contributed by atoms with van der Waals surface area (Å²) in [5, 5.41) is 6.89. The van der Waals surface area contributed by atoms with Crippen LogP contribution in [-0.4, -0.2) is 28.9 Å². The molecule has 2 N–H and O–H groups in total. The number of carbonyl (C=O) groups is 4. The second-order valence-electron chi connectivity index (χ2n) is 9.52. The molecule has 1 aromatic heterocycles. The summed E-state index contributed by atoms with van der Waals surface area (Å²) >= 11 is 2.73. The molecule has 1 atom stereocenters. The minimum atomic E-state index is -0.575. The van der Waals surface area contributed by atoms with E-state index in [1.807, 2.05) is 55.6 Å². The highest BCUT2D eigenvalue weighted by atomic mass is 32.2. The number of thiophene rings is 1. The Labute approximate surface area is 246 Å². The molecule has 4 amide bonds. The van der Waals surface area contributed by atoms with Gasteiger partial charge in [0.1, 0.15) is 5.70 Å². The van der Waals surface area contributed by atoms with Gasteiger partial charge in [-0.2, -0.15) is 0 Å². The molecule has 9 heteroatoms. The zero-order chi connectivity index (χ0) is 28.9. The van der Waals surface area contributed by atoms with Crippen LogP contribution in [0.5, 0.6) is 0 Å². The number of nitrogens with one attached hydrogen (secondary N) is 2. The number of anilines is 2. The van der Waals surface area contributed by atoms with Crippen LogP contribution >= 0.6 is 23.1 Å². The molecule has 5 rings (SSSR count). The largest absolute Gasteiger partial charge is 0.321 e. The van der Waals surface area contributed by atoms with E-state index in [0.29, 0.717) is 16.9 Å². The lowest BCUT2D eigenvalue weighted by atomic mass is 10.1. The molecule has 206 valence electrons. The third-order valence-corrected chi connectivity index (χ3v) is 8.58. The Morgan fingerprint density at radius 1 is 0.927 bits per heavy atom. The predicted octanol–water partition coefficient (Wildman–Crippen LogP) is 6.20. The van der Waals surface area contributed by atoms with Gasteiger partial charge in [-0.25, -0.2) is 4.90 Å². The van der Waals surface area contributed by atoms with Crippen molar-refractivity contribution >= 4 is 64.2 Å². The first-order valence-electron chi connectivity index (χ1n) is 12.9. The van der Waals surface area contributed by atoms with Crippen LogP contribution in [0.3, 0.4) is 0 Å². The van der Waals surface area contributed by atoms with E-state index in [0.717, 1.165) is 20.9 Å². The lowest BCUT2D eigenvalue weighted by Gasteiger charge is -2.16. The molecule has 1 saturated heterocycles. The second kappa shape index (κ2) is 12.4. The van der Waals surface area contributed by atoms with E-state index in [1.54, 1.807) is 54.6 Å². The van der Waals surface area contributed by atoms with Gasteiger partial charge in [0.15, 0.2) is 0 Å². The summed E-state index contributed by atoms with van der Waals surface area (Å²) in [6, 6.07) is 25.0. The molecule has 0 aliphatic carbocycles. The van der Waals surface area contributed by atoms with Crippen LogP contribution in [0.4, 0.5) is 11.4 Å². The number of nitrogens with zero attached hydrogens (tertiary/aromatic N) is 1. The average Bonchev–Trinajstić information content (AvgIpc) is 3.57. The zero-order valence-electron chi connectivity index (χ0n) is 22.4. The maximum absolute atomic E-state index is 13.3. The maximum Gasteiger partial charge on any atom is 0.272 e. The lowest BCUT2D eigenvalue weighted by Crippen LogP contribution is -2.31. The highest BCUT2D eigenvalue weighted by molar-refractivity contribution is 8.00. The Kier molecular flexibility index (Phi) is 8.47. The van der Waals surface area contributed by atoms with Gasteiger partial charge in [0.2, 0.25) is 11.8 Å². The number of aryl methyl sites for hydroxylation is 2. The number of hydrogen-bond acceptors (Lipinski definition) is 6. The molecule has 41 heavy (non-hydrogen) atoms. The minimum absolute atomic E-state index is 0.0895. The highest BCUT2D eigenvalue weighted by Crippen LogP contribution is 2.35. The normalized spacial score (nSPS) is 15.2. The van der Waals surface area contributed by atoms with Crippen LogP contribution in [0.15, 0.2) is 101 Å². The van der Waals surface area contributed by atoms with Crippen molar-refractivity contribution in [3.05, 3.63) is 118 Å². The molecule has 1 aliphatic rings. The van der Waals surface area contributed by atoms with Gasteiger partial charge in [-0.1, -0.05) is 36.4 Å². The Morgan fingerprint density at radius 3 is 2.46 bits per heavy atom. The number of thioether (sulfide) groups is 1. The van der Waals surface area contributed by atoms with Crippen molar-refractivity contribution in [3.8, 4) is 0 Å². The van der Waals surface area contributed by atoms with E-state index in [1.165, 1.54) is 28.0 Å². The van der Waals surface area contributed by atoms with Gasteiger partial charge in [-0.05, 0) is 85.0 Å². The highest BCUT2D eigenvalue weighted by Gasteiger charge is 2.40. The molecule has 1 aliphatic heterocycles. The van der Waals surface area contributed by atoms with Crippen LogP contribution in [0.1, 0.15) is 32.8 Å². The van der Waals surface area contributed by atoms with Crippen molar-refractivity contribution < 1.29 is 19.2 Å². The van der Waals surface area contributed by atoms with Gasteiger partial charge in [0, 0.05) is 27.4 Å². The zero-order valence-corrected chi connectivity index (χ0v) is 24.1. The molecular formula is C32H27N3O4S2. The fourth-order valence-electron chi connectivity index (χ4n) is 4.30. The summed E-state index contributed by atoms with van der Waals surface area (Å²) in [7, 11) is 0. The Morgan fingerprint density at radius 2 is 1.73 bits per heavy atom. The molecule has 2 heterocycles. The van der Waals surface area contributed by atoms with Crippen molar-refractivity contribution in [1.82, 2.24) is 5.32 Å². The van der Waals surface area contributed by atoms with Crippen LogP contribution in [-0.2, 0) is 14.4 Å². The van der Waals surface area contributed by atoms with E-state index in [2.05, 4.69) is 10.6 Å². The molecule has 4 aromatic rings. The molecule has 0 bridgehead atoms. The van der Waals surface area contributed by atoms with Gasteiger partial charge in [0.25, 0.3) is 11.8 Å². The van der Waals surface area contributed by atoms with Gasteiger partial charge in [0.05, 0.1) is 10.9 Å². The summed E-state index contributed by atoms with van der Waals surface area (Å²) in [6.45, 7) is 3.93. The number of hydrogen-bond donors (Lipinski definition) is 2. The van der Waals surface area contributed by atoms with Gasteiger partial charge in [-0.15, -0.1) is 23.1 Å². The molecule has 7 nitrogen and oxygen atoms in total. The van der Waals surface area contributed by atoms with Gasteiger partial charge < -0.3 is 10.6 Å². The fraction of sp³-hybridized carbons (Fsp3) is 0.125. The van der Waals surface area contributed by atoms with Crippen LogP contribution in [0.25, 0.3) is 6.08 Å². The summed E-state index contributed by atoms with van der Waals surface area (Å²) in [5.74, 6) is -1.39. The number of amides is 4. The first-order valence-corrected chi connectivity index (χ1v) is 14.7. The predicted molar refractivity (Wildman–Crippen MR) is 164 cm³/mol. The average molecular weight is 582 g/mol. The first-order chi connectivity index (χ1) is 19.8. The van der Waals surface area contributed by atoms with Gasteiger partial charge in [-0.3, -0.25) is 19.2 Å². The molecular weight excluding hydrogens is 555 g/mol. The minimum Gasteiger partial charge on any atom is -0.321 e. The fourth-order valence-corrected chi connectivity index (χ4v) is 6.07. The first kappa shape index (κ1) is 28.1. The number of imide groups is 1. The maximum atomic E-state index is 13.3. The summed E-state index contributed by atoms with van der Waals surface area (Å²) in [5.41, 5.74) is 3.70. The molecule has 0 radical (unpaired) electrons. The van der Waals surface area contributed by atoms with E-state index in [9.17, 15) is 19.2 Å². The Bertz CT molecular complexity index is 1650. The van der Waals surface area contributed by atoms with Crippen LogP contribution in [0, 0.1) is 13.8 Å². The SMILES string of the molecule is Cc1ccc(N2C(=O)C[C@@H](Sc3cccc(NC(=O)/C(=C/c4cccs4)NC(=O)c4ccccc4)c3)C2=O)cc1C. The van der Waals surface area contributed by atoms with Crippen molar-refractivity contribution in [2.75, 3.05) is 10.2 Å².